The lowest BCUT2D eigenvalue weighted by molar-refractivity contribution is 0.0927. The molecule has 1 amide bonds. The summed E-state index contributed by atoms with van der Waals surface area (Å²) in [5.41, 5.74) is 0.463. The van der Waals surface area contributed by atoms with Gasteiger partial charge in [0.05, 0.1) is 5.02 Å². The molecular weight excluding hydrogens is 320 g/mol. The second-order valence-electron chi connectivity index (χ2n) is 5.67. The van der Waals surface area contributed by atoms with Crippen molar-refractivity contribution in [1.29, 1.82) is 0 Å². The van der Waals surface area contributed by atoms with E-state index >= 15 is 0 Å². The summed E-state index contributed by atoms with van der Waals surface area (Å²) in [5, 5.41) is 11.6. The lowest BCUT2D eigenvalue weighted by Gasteiger charge is -2.25. The van der Waals surface area contributed by atoms with Crippen LogP contribution in [0.4, 0.5) is 0 Å². The van der Waals surface area contributed by atoms with E-state index in [1.54, 1.807) is 12.1 Å². The van der Waals surface area contributed by atoms with E-state index in [0.29, 0.717) is 28.6 Å². The van der Waals surface area contributed by atoms with Gasteiger partial charge >= 0.3 is 0 Å². The maximum Gasteiger partial charge on any atom is 0.251 e. The number of fused-ring (bicyclic) bond motifs is 2. The number of nitrogens with zero attached hydrogens (tertiary/aromatic N) is 3. The van der Waals surface area contributed by atoms with E-state index in [2.05, 4.69) is 15.5 Å². The van der Waals surface area contributed by atoms with Crippen molar-refractivity contribution in [2.45, 2.75) is 32.4 Å². The van der Waals surface area contributed by atoms with E-state index in [1.807, 2.05) is 11.5 Å². The molecule has 2 aliphatic rings. The van der Waals surface area contributed by atoms with Gasteiger partial charge in [-0.15, -0.1) is 10.2 Å². The molecular formula is C15H15ClN4O3. The van der Waals surface area contributed by atoms with E-state index in [1.165, 1.54) is 0 Å². The quantitative estimate of drug-likeness (QED) is 0.904. The zero-order valence-corrected chi connectivity index (χ0v) is 13.3. The first-order valence-electron chi connectivity index (χ1n) is 7.40. The highest BCUT2D eigenvalue weighted by Crippen LogP contribution is 2.39. The minimum atomic E-state index is -0.177. The molecule has 0 spiro atoms. The molecule has 4 rings (SSSR count). The van der Waals surface area contributed by atoms with Crippen LogP contribution in [0.5, 0.6) is 11.5 Å². The first kappa shape index (κ1) is 14.3. The molecule has 120 valence electrons. The lowest BCUT2D eigenvalue weighted by Crippen LogP contribution is -2.41. The Morgan fingerprint density at radius 2 is 2.26 bits per heavy atom. The highest BCUT2D eigenvalue weighted by atomic mass is 35.5. The van der Waals surface area contributed by atoms with Gasteiger partial charge in [0.2, 0.25) is 6.79 Å². The van der Waals surface area contributed by atoms with Gasteiger partial charge in [-0.05, 0) is 25.5 Å². The van der Waals surface area contributed by atoms with Gasteiger partial charge in [-0.3, -0.25) is 4.79 Å². The van der Waals surface area contributed by atoms with Crippen molar-refractivity contribution in [3.05, 3.63) is 34.4 Å². The molecule has 1 atom stereocenters. The van der Waals surface area contributed by atoms with Crippen molar-refractivity contribution in [3.63, 3.8) is 0 Å². The Balaban J connectivity index is 1.51. The zero-order chi connectivity index (χ0) is 16.0. The molecule has 0 bridgehead atoms. The van der Waals surface area contributed by atoms with E-state index in [0.717, 1.165) is 24.5 Å². The normalized spacial score (nSPS) is 18.6. The number of aryl methyl sites for hydroxylation is 2. The van der Waals surface area contributed by atoms with E-state index in [-0.39, 0.29) is 18.7 Å². The fourth-order valence-electron chi connectivity index (χ4n) is 2.95. The summed E-state index contributed by atoms with van der Waals surface area (Å²) in [5.74, 6) is 2.66. The second kappa shape index (κ2) is 5.42. The Labute approximate surface area is 137 Å². The Morgan fingerprint density at radius 1 is 1.39 bits per heavy atom. The summed E-state index contributed by atoms with van der Waals surface area (Å²) < 4.78 is 12.6. The third-order valence-corrected chi connectivity index (χ3v) is 4.44. The van der Waals surface area contributed by atoms with Gasteiger partial charge in [-0.2, -0.15) is 0 Å². The fraction of sp³-hybridized carbons (Fsp3) is 0.400. The number of ether oxygens (including phenoxy) is 2. The molecule has 8 heteroatoms. The van der Waals surface area contributed by atoms with E-state index in [9.17, 15) is 4.79 Å². The van der Waals surface area contributed by atoms with E-state index < -0.39 is 0 Å². The van der Waals surface area contributed by atoms with Crippen LogP contribution in [0.1, 0.15) is 28.4 Å². The summed E-state index contributed by atoms with van der Waals surface area (Å²) >= 11 is 6.13. The van der Waals surface area contributed by atoms with Crippen LogP contribution in [-0.2, 0) is 13.0 Å². The first-order chi connectivity index (χ1) is 11.1. The lowest BCUT2D eigenvalue weighted by atomic mass is 10.1. The smallest absolute Gasteiger partial charge is 0.251 e. The molecule has 2 aromatic rings. The molecule has 0 radical (unpaired) electrons. The molecule has 1 N–H and O–H groups in total. The van der Waals surface area contributed by atoms with Crippen molar-refractivity contribution in [2.75, 3.05) is 6.79 Å². The van der Waals surface area contributed by atoms with Crippen LogP contribution in [-0.4, -0.2) is 33.5 Å². The average Bonchev–Trinajstić information content (AvgIpc) is 3.15. The number of carbonyl (C=O) groups is 1. The number of halogens is 1. The molecule has 3 heterocycles. The number of aromatic nitrogens is 3. The SMILES string of the molecule is Cc1nnc2n1CC(NC(=O)c1cc(Cl)c3c(c1)OCO3)CC2. The molecule has 0 saturated carbocycles. The van der Waals surface area contributed by atoms with Gasteiger partial charge in [-0.1, -0.05) is 11.6 Å². The minimum absolute atomic E-state index is 0.0360. The summed E-state index contributed by atoms with van der Waals surface area (Å²) in [6.07, 6.45) is 1.63. The number of amides is 1. The summed E-state index contributed by atoms with van der Waals surface area (Å²) in [6, 6.07) is 3.29. The van der Waals surface area contributed by atoms with Crippen LogP contribution in [0.25, 0.3) is 0 Å². The fourth-order valence-corrected chi connectivity index (χ4v) is 3.21. The summed E-state index contributed by atoms with van der Waals surface area (Å²) in [4.78, 5) is 12.5. The largest absolute Gasteiger partial charge is 0.454 e. The Kier molecular flexibility index (Phi) is 3.37. The van der Waals surface area contributed by atoms with Gasteiger partial charge in [0.25, 0.3) is 5.91 Å². The number of hydrogen-bond donors (Lipinski definition) is 1. The molecule has 0 saturated heterocycles. The molecule has 0 fully saturated rings. The summed E-state index contributed by atoms with van der Waals surface area (Å²) in [6.45, 7) is 2.72. The number of carbonyl (C=O) groups excluding carboxylic acids is 1. The number of hydrogen-bond acceptors (Lipinski definition) is 5. The van der Waals surface area contributed by atoms with Crippen LogP contribution < -0.4 is 14.8 Å². The molecule has 0 aliphatic carbocycles. The minimum Gasteiger partial charge on any atom is -0.454 e. The van der Waals surface area contributed by atoms with Gasteiger partial charge < -0.3 is 19.4 Å². The molecule has 2 aliphatic heterocycles. The van der Waals surface area contributed by atoms with Crippen molar-refractivity contribution in [3.8, 4) is 11.5 Å². The van der Waals surface area contributed by atoms with Gasteiger partial charge in [-0.25, -0.2) is 0 Å². The van der Waals surface area contributed by atoms with Crippen LogP contribution in [0.3, 0.4) is 0 Å². The predicted molar refractivity (Wildman–Crippen MR) is 81.9 cm³/mol. The van der Waals surface area contributed by atoms with Crippen LogP contribution in [0.2, 0.25) is 5.02 Å². The number of benzene rings is 1. The first-order valence-corrected chi connectivity index (χ1v) is 7.78. The Bertz CT molecular complexity index is 789. The average molecular weight is 335 g/mol. The molecule has 1 aromatic carbocycles. The topological polar surface area (TPSA) is 78.3 Å². The third-order valence-electron chi connectivity index (χ3n) is 4.16. The van der Waals surface area contributed by atoms with Crippen molar-refractivity contribution >= 4 is 17.5 Å². The zero-order valence-electron chi connectivity index (χ0n) is 12.5. The Morgan fingerprint density at radius 3 is 3.13 bits per heavy atom. The van der Waals surface area contributed by atoms with Gasteiger partial charge in [0.1, 0.15) is 11.6 Å². The monoisotopic (exact) mass is 334 g/mol. The predicted octanol–water partition coefficient (Wildman–Crippen LogP) is 1.71. The van der Waals surface area contributed by atoms with Crippen molar-refractivity contribution in [2.24, 2.45) is 0 Å². The van der Waals surface area contributed by atoms with Crippen LogP contribution >= 0.6 is 11.6 Å². The number of nitrogens with one attached hydrogen (secondary N) is 1. The van der Waals surface area contributed by atoms with Gasteiger partial charge in [0.15, 0.2) is 11.5 Å². The molecule has 1 aromatic heterocycles. The molecule has 23 heavy (non-hydrogen) atoms. The second-order valence-corrected chi connectivity index (χ2v) is 6.08. The highest BCUT2D eigenvalue weighted by molar-refractivity contribution is 6.32. The highest BCUT2D eigenvalue weighted by Gasteiger charge is 2.25. The number of rotatable bonds is 2. The Hall–Kier alpha value is -2.28. The maximum absolute atomic E-state index is 12.5. The van der Waals surface area contributed by atoms with E-state index in [4.69, 9.17) is 21.1 Å². The van der Waals surface area contributed by atoms with Gasteiger partial charge in [0, 0.05) is 24.6 Å². The standard InChI is InChI=1S/C15H15ClN4O3/c1-8-18-19-13-3-2-10(6-20(8)13)17-15(21)9-4-11(16)14-12(5-9)22-7-23-14/h4-5,10H,2-3,6-7H2,1H3,(H,17,21). The summed E-state index contributed by atoms with van der Waals surface area (Å²) in [7, 11) is 0. The molecule has 1 unspecified atom stereocenters. The van der Waals surface area contributed by atoms with Crippen LogP contribution in [0.15, 0.2) is 12.1 Å². The maximum atomic E-state index is 12.5. The molecule has 7 nitrogen and oxygen atoms in total. The van der Waals surface area contributed by atoms with Crippen LogP contribution in [0, 0.1) is 6.92 Å². The third kappa shape index (κ3) is 2.50. The van der Waals surface area contributed by atoms with Crippen molar-refractivity contribution in [1.82, 2.24) is 20.1 Å². The van der Waals surface area contributed by atoms with Crippen molar-refractivity contribution < 1.29 is 14.3 Å².